The first-order valence-corrected chi connectivity index (χ1v) is 7.04. The molecule has 2 aromatic heterocycles. The van der Waals surface area contributed by atoms with E-state index in [1.54, 1.807) is 22.7 Å². The number of fused-ring (bicyclic) bond motifs is 1. The maximum absolute atomic E-state index is 5.77. The molecule has 1 aliphatic heterocycles. The summed E-state index contributed by atoms with van der Waals surface area (Å²) in [7, 11) is -0.155. The molecular weight excluding hydrogens is 239 g/mol. The normalized spacial score (nSPS) is 20.5. The van der Waals surface area contributed by atoms with Gasteiger partial charge in [-0.25, -0.2) is 0 Å². The van der Waals surface area contributed by atoms with E-state index in [0.29, 0.717) is 0 Å². The Morgan fingerprint density at radius 2 is 2.00 bits per heavy atom. The largest absolute Gasteiger partial charge is 0.504 e. The first-order valence-electron chi connectivity index (χ1n) is 5.34. The second-order valence-electron chi connectivity index (χ2n) is 4.92. The lowest BCUT2D eigenvalue weighted by Gasteiger charge is -2.32. The van der Waals surface area contributed by atoms with Crippen LogP contribution in [0.2, 0.25) is 0 Å². The van der Waals surface area contributed by atoms with E-state index in [0.717, 1.165) is 13.2 Å². The number of hydrogen-bond acceptors (Lipinski definition) is 4. The first kappa shape index (κ1) is 10.8. The van der Waals surface area contributed by atoms with Gasteiger partial charge in [-0.15, -0.1) is 22.7 Å². The van der Waals surface area contributed by atoms with Gasteiger partial charge in [0.15, 0.2) is 0 Å². The van der Waals surface area contributed by atoms with E-state index in [9.17, 15) is 0 Å². The Balaban J connectivity index is 1.81. The Morgan fingerprint density at radius 1 is 1.25 bits per heavy atom. The third-order valence-corrected chi connectivity index (χ3v) is 4.76. The number of hydrogen-bond donors (Lipinski definition) is 0. The summed E-state index contributed by atoms with van der Waals surface area (Å²) in [6.07, 6.45) is 0. The lowest BCUT2D eigenvalue weighted by atomic mass is 9.82. The summed E-state index contributed by atoms with van der Waals surface area (Å²) in [5.74, 6) is 0. The minimum atomic E-state index is -0.155. The number of thiophene rings is 2. The van der Waals surface area contributed by atoms with Crippen molar-refractivity contribution in [2.75, 3.05) is 13.2 Å². The Morgan fingerprint density at radius 3 is 2.69 bits per heavy atom. The zero-order valence-electron chi connectivity index (χ0n) is 9.36. The van der Waals surface area contributed by atoms with Gasteiger partial charge in [-0.3, -0.25) is 0 Å². The average molecular weight is 252 g/mol. The van der Waals surface area contributed by atoms with E-state index < -0.39 is 0 Å². The Hall–Kier alpha value is -0.355. The van der Waals surface area contributed by atoms with Crippen molar-refractivity contribution in [1.82, 2.24) is 0 Å². The molecule has 1 aliphatic rings. The predicted octanol–water partition coefficient (Wildman–Crippen LogP) is 2.73. The van der Waals surface area contributed by atoms with E-state index in [1.807, 2.05) is 0 Å². The van der Waals surface area contributed by atoms with E-state index in [-0.39, 0.29) is 12.5 Å². The van der Waals surface area contributed by atoms with Crippen molar-refractivity contribution in [3.8, 4) is 0 Å². The molecule has 1 fully saturated rings. The molecule has 2 aromatic rings. The molecule has 3 rings (SSSR count). The molecule has 16 heavy (non-hydrogen) atoms. The molecule has 0 aliphatic carbocycles. The first-order chi connectivity index (χ1) is 7.64. The highest BCUT2D eigenvalue weighted by molar-refractivity contribution is 7.32. The molecule has 2 nitrogen and oxygen atoms in total. The fourth-order valence-electron chi connectivity index (χ4n) is 1.76. The summed E-state index contributed by atoms with van der Waals surface area (Å²) < 4.78 is 15.4. The quantitative estimate of drug-likeness (QED) is 0.726. The molecule has 0 atom stereocenters. The van der Waals surface area contributed by atoms with Crippen LogP contribution in [-0.2, 0) is 9.31 Å². The molecule has 5 heteroatoms. The third kappa shape index (κ3) is 1.93. The van der Waals surface area contributed by atoms with Crippen LogP contribution in [0.15, 0.2) is 17.5 Å². The van der Waals surface area contributed by atoms with Crippen LogP contribution < -0.4 is 4.78 Å². The molecule has 0 N–H and O–H groups in total. The summed E-state index contributed by atoms with van der Waals surface area (Å²) in [6.45, 7) is 5.86. The standard InChI is InChI=1S/C11H13BO2S2/c1-11(2)6-13-12(14-7-11)10-5-9-8(16-10)3-4-15-9/h3-5H,6-7H2,1-2H3. The Kier molecular flexibility index (Phi) is 2.59. The van der Waals surface area contributed by atoms with Crippen LogP contribution in [0, 0.1) is 5.41 Å². The van der Waals surface area contributed by atoms with Gasteiger partial charge in [-0.1, -0.05) is 13.8 Å². The summed E-state index contributed by atoms with van der Waals surface area (Å²) in [5.41, 5.74) is 0.144. The van der Waals surface area contributed by atoms with Gasteiger partial charge in [-0.05, 0) is 17.5 Å². The van der Waals surface area contributed by atoms with Crippen molar-refractivity contribution in [1.29, 1.82) is 0 Å². The molecule has 0 amide bonds. The van der Waals surface area contributed by atoms with E-state index in [2.05, 4.69) is 31.4 Å². The molecule has 0 unspecified atom stereocenters. The Bertz CT molecular complexity index is 464. The van der Waals surface area contributed by atoms with Crippen molar-refractivity contribution in [2.45, 2.75) is 13.8 Å². The minimum Gasteiger partial charge on any atom is -0.406 e. The average Bonchev–Trinajstić information content (AvgIpc) is 2.77. The van der Waals surface area contributed by atoms with Gasteiger partial charge in [0.05, 0.1) is 0 Å². The van der Waals surface area contributed by atoms with Crippen LogP contribution in [0.4, 0.5) is 0 Å². The SMILES string of the molecule is CC1(C)COB(c2cc3sccc3s2)OC1. The summed E-state index contributed by atoms with van der Waals surface area (Å²) in [4.78, 5) is 0. The van der Waals surface area contributed by atoms with E-state index in [4.69, 9.17) is 9.31 Å². The van der Waals surface area contributed by atoms with Crippen LogP contribution >= 0.6 is 22.7 Å². The second-order valence-corrected chi connectivity index (χ2v) is 6.98. The zero-order chi connectivity index (χ0) is 11.2. The molecule has 0 spiro atoms. The van der Waals surface area contributed by atoms with Crippen molar-refractivity contribution < 1.29 is 9.31 Å². The van der Waals surface area contributed by atoms with Gasteiger partial charge in [0.1, 0.15) is 0 Å². The van der Waals surface area contributed by atoms with E-state index in [1.165, 1.54) is 14.2 Å². The maximum Gasteiger partial charge on any atom is 0.504 e. The van der Waals surface area contributed by atoms with Crippen molar-refractivity contribution in [3.63, 3.8) is 0 Å². The van der Waals surface area contributed by atoms with Crippen molar-refractivity contribution in [3.05, 3.63) is 17.5 Å². The monoisotopic (exact) mass is 252 g/mol. The lowest BCUT2D eigenvalue weighted by Crippen LogP contribution is -2.46. The summed E-state index contributed by atoms with van der Waals surface area (Å²) >= 11 is 3.54. The second kappa shape index (κ2) is 3.84. The maximum atomic E-state index is 5.77. The highest BCUT2D eigenvalue weighted by Crippen LogP contribution is 2.27. The van der Waals surface area contributed by atoms with Gasteiger partial charge >= 0.3 is 7.12 Å². The fourth-order valence-corrected chi connectivity index (χ4v) is 3.88. The van der Waals surface area contributed by atoms with Gasteiger partial charge in [-0.2, -0.15) is 0 Å². The molecular formula is C11H13BO2S2. The van der Waals surface area contributed by atoms with Crippen LogP contribution in [0.3, 0.4) is 0 Å². The van der Waals surface area contributed by atoms with Gasteiger partial charge in [0.25, 0.3) is 0 Å². The van der Waals surface area contributed by atoms with Gasteiger partial charge in [0, 0.05) is 32.8 Å². The topological polar surface area (TPSA) is 18.5 Å². The van der Waals surface area contributed by atoms with Crippen molar-refractivity contribution in [2.24, 2.45) is 5.41 Å². The molecule has 3 heterocycles. The summed E-state index contributed by atoms with van der Waals surface area (Å²) in [5, 5.41) is 2.12. The van der Waals surface area contributed by atoms with E-state index >= 15 is 0 Å². The lowest BCUT2D eigenvalue weighted by molar-refractivity contribution is 0.0346. The molecule has 1 saturated heterocycles. The molecule has 0 radical (unpaired) electrons. The molecule has 0 bridgehead atoms. The van der Waals surface area contributed by atoms with Crippen LogP contribution in [-0.4, -0.2) is 20.3 Å². The zero-order valence-corrected chi connectivity index (χ0v) is 11.0. The smallest absolute Gasteiger partial charge is 0.406 e. The molecule has 0 aromatic carbocycles. The minimum absolute atomic E-state index is 0.144. The highest BCUT2D eigenvalue weighted by Gasteiger charge is 2.34. The fraction of sp³-hybridized carbons (Fsp3) is 0.455. The number of rotatable bonds is 1. The van der Waals surface area contributed by atoms with Gasteiger partial charge < -0.3 is 9.31 Å². The molecule has 84 valence electrons. The van der Waals surface area contributed by atoms with Crippen LogP contribution in [0.1, 0.15) is 13.8 Å². The third-order valence-electron chi connectivity index (χ3n) is 2.64. The molecule has 0 saturated carbocycles. The van der Waals surface area contributed by atoms with Gasteiger partial charge in [0.2, 0.25) is 0 Å². The van der Waals surface area contributed by atoms with Crippen LogP contribution in [0.25, 0.3) is 9.40 Å². The Labute approximate surface area is 103 Å². The highest BCUT2D eigenvalue weighted by atomic mass is 32.1. The van der Waals surface area contributed by atoms with Crippen LogP contribution in [0.5, 0.6) is 0 Å². The van der Waals surface area contributed by atoms with Crippen molar-refractivity contribution >= 4 is 44.0 Å². The summed E-state index contributed by atoms with van der Waals surface area (Å²) in [6, 6.07) is 4.34. The predicted molar refractivity (Wildman–Crippen MR) is 70.8 cm³/mol.